The summed E-state index contributed by atoms with van der Waals surface area (Å²) in [5.41, 5.74) is 2.01. The minimum Gasteiger partial charge on any atom is -0.322 e. The molecule has 0 spiro atoms. The maximum atomic E-state index is 12.6. The van der Waals surface area contributed by atoms with Gasteiger partial charge in [-0.3, -0.25) is 9.59 Å². The number of sulfonamides is 1. The summed E-state index contributed by atoms with van der Waals surface area (Å²) in [7, 11) is -3.93. The molecule has 0 aliphatic carbocycles. The zero-order valence-corrected chi connectivity index (χ0v) is 15.6. The highest BCUT2D eigenvalue weighted by molar-refractivity contribution is 7.90. The zero-order chi connectivity index (χ0) is 19.1. The predicted octanol–water partition coefficient (Wildman–Crippen LogP) is 3.05. The highest BCUT2D eigenvalue weighted by Gasteiger charge is 2.42. The van der Waals surface area contributed by atoms with E-state index in [1.807, 2.05) is 25.1 Å². The largest absolute Gasteiger partial charge is 0.322 e. The fourth-order valence-corrected chi connectivity index (χ4v) is 4.76. The quantitative estimate of drug-likeness (QED) is 0.894. The van der Waals surface area contributed by atoms with Crippen molar-refractivity contribution in [2.75, 3.05) is 5.32 Å². The first-order valence-electron chi connectivity index (χ1n) is 8.38. The van der Waals surface area contributed by atoms with Crippen LogP contribution in [0.1, 0.15) is 47.1 Å². The van der Waals surface area contributed by atoms with Crippen molar-refractivity contribution in [1.29, 1.82) is 0 Å². The Morgan fingerprint density at radius 2 is 1.88 bits per heavy atom. The number of anilines is 1. The predicted molar refractivity (Wildman–Crippen MR) is 98.7 cm³/mol. The van der Waals surface area contributed by atoms with Crippen molar-refractivity contribution in [2.45, 2.75) is 38.1 Å². The topological polar surface area (TPSA) is 83.6 Å². The van der Waals surface area contributed by atoms with Crippen LogP contribution in [0.4, 0.5) is 5.69 Å². The Morgan fingerprint density at radius 1 is 1.15 bits per heavy atom. The van der Waals surface area contributed by atoms with E-state index < -0.39 is 27.9 Å². The molecule has 0 saturated heterocycles. The summed E-state index contributed by atoms with van der Waals surface area (Å²) in [4.78, 5) is 24.7. The Bertz CT molecular complexity index is 996. The van der Waals surface area contributed by atoms with Gasteiger partial charge in [-0.1, -0.05) is 19.1 Å². The number of nitrogens with zero attached hydrogens (tertiary/aromatic N) is 1. The molecule has 2 amide bonds. The Morgan fingerprint density at radius 3 is 2.54 bits per heavy atom. The van der Waals surface area contributed by atoms with E-state index in [1.165, 1.54) is 18.2 Å². The first kappa shape index (κ1) is 18.1. The Labute approximate surface area is 152 Å². The highest BCUT2D eigenvalue weighted by Crippen LogP contribution is 2.32. The van der Waals surface area contributed by atoms with Gasteiger partial charge in [-0.25, -0.2) is 12.7 Å². The summed E-state index contributed by atoms with van der Waals surface area (Å²) in [6.07, 6.45) is 0.841. The van der Waals surface area contributed by atoms with Gasteiger partial charge in [0.15, 0.2) is 0 Å². The van der Waals surface area contributed by atoms with E-state index in [0.717, 1.165) is 16.3 Å². The Balaban J connectivity index is 1.94. The van der Waals surface area contributed by atoms with Crippen molar-refractivity contribution in [3.8, 4) is 0 Å². The number of amides is 2. The standard InChI is InChI=1S/C19H20N2O4S/c1-4-13-6-5-7-15(10-13)20-18(22)14-8-9-16-17(11-14)26(24,25)21(12(2)3)19(16)23/h5-12H,4H2,1-3H3,(H,20,22). The second-order valence-corrected chi connectivity index (χ2v) is 8.20. The van der Waals surface area contributed by atoms with Crippen LogP contribution in [-0.4, -0.2) is 30.6 Å². The highest BCUT2D eigenvalue weighted by atomic mass is 32.2. The minimum absolute atomic E-state index is 0.100. The normalized spacial score (nSPS) is 15.2. The molecule has 2 aromatic rings. The molecule has 0 saturated carbocycles. The van der Waals surface area contributed by atoms with E-state index in [9.17, 15) is 18.0 Å². The van der Waals surface area contributed by atoms with Crippen molar-refractivity contribution < 1.29 is 18.0 Å². The van der Waals surface area contributed by atoms with Crippen LogP contribution in [0, 0.1) is 0 Å². The molecule has 3 rings (SSSR count). The molecule has 6 nitrogen and oxygen atoms in total. The molecule has 0 unspecified atom stereocenters. The number of hydrogen-bond acceptors (Lipinski definition) is 4. The summed E-state index contributed by atoms with van der Waals surface area (Å²) in [6, 6.07) is 11.1. The summed E-state index contributed by atoms with van der Waals surface area (Å²) in [6.45, 7) is 5.29. The third-order valence-corrected chi connectivity index (χ3v) is 6.27. The average molecular weight is 372 g/mol. The van der Waals surface area contributed by atoms with Crippen LogP contribution in [0.15, 0.2) is 47.4 Å². The van der Waals surface area contributed by atoms with E-state index in [2.05, 4.69) is 5.32 Å². The lowest BCUT2D eigenvalue weighted by Gasteiger charge is -2.18. The molecule has 0 radical (unpaired) electrons. The monoisotopic (exact) mass is 372 g/mol. The number of hydrogen-bond donors (Lipinski definition) is 1. The van der Waals surface area contributed by atoms with Crippen LogP contribution in [-0.2, 0) is 16.4 Å². The fraction of sp³-hybridized carbons (Fsp3) is 0.263. The molecular formula is C19H20N2O4S. The maximum absolute atomic E-state index is 12.6. The van der Waals surface area contributed by atoms with E-state index in [1.54, 1.807) is 19.9 Å². The summed E-state index contributed by atoms with van der Waals surface area (Å²) < 4.78 is 26.1. The van der Waals surface area contributed by atoms with Crippen molar-refractivity contribution in [2.24, 2.45) is 0 Å². The first-order chi connectivity index (χ1) is 12.3. The lowest BCUT2D eigenvalue weighted by molar-refractivity contribution is 0.0846. The van der Waals surface area contributed by atoms with Gasteiger partial charge < -0.3 is 5.32 Å². The lowest BCUT2D eigenvalue weighted by Crippen LogP contribution is -2.36. The van der Waals surface area contributed by atoms with Crippen LogP contribution >= 0.6 is 0 Å². The Hall–Kier alpha value is -2.67. The van der Waals surface area contributed by atoms with Gasteiger partial charge in [-0.05, 0) is 56.2 Å². The van der Waals surface area contributed by atoms with Gasteiger partial charge >= 0.3 is 0 Å². The lowest BCUT2D eigenvalue weighted by atomic mass is 10.1. The molecule has 1 N–H and O–H groups in total. The molecule has 0 atom stereocenters. The summed E-state index contributed by atoms with van der Waals surface area (Å²) >= 11 is 0. The van der Waals surface area contributed by atoms with E-state index in [0.29, 0.717) is 5.69 Å². The van der Waals surface area contributed by atoms with Crippen LogP contribution in [0.3, 0.4) is 0 Å². The maximum Gasteiger partial charge on any atom is 0.269 e. The number of rotatable bonds is 4. The van der Waals surface area contributed by atoms with Gasteiger partial charge in [0.1, 0.15) is 4.90 Å². The SMILES string of the molecule is CCc1cccc(NC(=O)c2ccc3c(c2)S(=O)(=O)N(C(C)C)C3=O)c1. The Kier molecular flexibility index (Phi) is 4.58. The van der Waals surface area contributed by atoms with Gasteiger partial charge in [-0.2, -0.15) is 0 Å². The second kappa shape index (κ2) is 6.57. The minimum atomic E-state index is -3.93. The molecule has 1 aliphatic rings. The molecule has 26 heavy (non-hydrogen) atoms. The first-order valence-corrected chi connectivity index (χ1v) is 9.82. The van der Waals surface area contributed by atoms with E-state index in [4.69, 9.17) is 0 Å². The molecule has 0 aromatic heterocycles. The second-order valence-electron chi connectivity index (χ2n) is 6.42. The van der Waals surface area contributed by atoms with Crippen molar-refractivity contribution in [3.63, 3.8) is 0 Å². The number of benzene rings is 2. The average Bonchev–Trinajstić information content (AvgIpc) is 2.80. The molecule has 136 valence electrons. The van der Waals surface area contributed by atoms with Gasteiger partial charge in [0.05, 0.1) is 5.56 Å². The number of carbonyl (C=O) groups excluding carboxylic acids is 2. The fourth-order valence-electron chi connectivity index (χ4n) is 2.97. The number of fused-ring (bicyclic) bond motifs is 1. The molecule has 1 aliphatic heterocycles. The summed E-state index contributed by atoms with van der Waals surface area (Å²) in [5.74, 6) is -0.982. The van der Waals surface area contributed by atoms with Gasteiger partial charge in [0.25, 0.3) is 21.8 Å². The van der Waals surface area contributed by atoms with Crippen molar-refractivity contribution in [3.05, 3.63) is 59.2 Å². The molecule has 7 heteroatoms. The third-order valence-electron chi connectivity index (χ3n) is 4.27. The molecule has 2 aromatic carbocycles. The van der Waals surface area contributed by atoms with Crippen LogP contribution < -0.4 is 5.32 Å². The van der Waals surface area contributed by atoms with Gasteiger partial charge in [-0.15, -0.1) is 0 Å². The van der Waals surface area contributed by atoms with Crippen molar-refractivity contribution >= 4 is 27.5 Å². The van der Waals surface area contributed by atoms with Crippen molar-refractivity contribution in [1.82, 2.24) is 4.31 Å². The third kappa shape index (κ3) is 2.99. The molecule has 1 heterocycles. The van der Waals surface area contributed by atoms with E-state index in [-0.39, 0.29) is 16.0 Å². The smallest absolute Gasteiger partial charge is 0.269 e. The van der Waals surface area contributed by atoms with E-state index >= 15 is 0 Å². The molecular weight excluding hydrogens is 352 g/mol. The van der Waals surface area contributed by atoms with Gasteiger partial charge in [0, 0.05) is 17.3 Å². The number of carbonyl (C=O) groups is 2. The van der Waals surface area contributed by atoms with Gasteiger partial charge in [0.2, 0.25) is 0 Å². The van der Waals surface area contributed by atoms with Crippen LogP contribution in [0.25, 0.3) is 0 Å². The number of nitrogens with one attached hydrogen (secondary N) is 1. The zero-order valence-electron chi connectivity index (χ0n) is 14.8. The number of aryl methyl sites for hydroxylation is 1. The van der Waals surface area contributed by atoms with Crippen LogP contribution in [0.2, 0.25) is 0 Å². The summed E-state index contributed by atoms with van der Waals surface area (Å²) in [5, 5.41) is 2.76. The molecule has 0 fully saturated rings. The molecule has 0 bridgehead atoms. The van der Waals surface area contributed by atoms with Crippen LogP contribution in [0.5, 0.6) is 0 Å².